The largest absolute Gasteiger partial charge is 0.497 e. The summed E-state index contributed by atoms with van der Waals surface area (Å²) >= 11 is 0. The molecule has 2 N–H and O–H groups in total. The maximum atomic E-state index is 12.6. The Morgan fingerprint density at radius 2 is 1.72 bits per heavy atom. The quantitative estimate of drug-likeness (QED) is 0.489. The van der Waals surface area contributed by atoms with Crippen LogP contribution in [0.1, 0.15) is 41.9 Å². The molecule has 0 saturated heterocycles. The molecule has 0 aliphatic heterocycles. The van der Waals surface area contributed by atoms with Gasteiger partial charge in [-0.15, -0.1) is 0 Å². The van der Waals surface area contributed by atoms with E-state index in [0.717, 1.165) is 28.9 Å². The van der Waals surface area contributed by atoms with Crippen molar-refractivity contribution >= 4 is 11.8 Å². The molecule has 0 aliphatic carbocycles. The maximum absolute atomic E-state index is 12.6. The first-order valence-corrected chi connectivity index (χ1v) is 10.8. The van der Waals surface area contributed by atoms with Gasteiger partial charge in [-0.1, -0.05) is 50.2 Å². The molecule has 0 radical (unpaired) electrons. The van der Waals surface area contributed by atoms with E-state index < -0.39 is 0 Å². The number of hydrogen-bond donors (Lipinski definition) is 2. The zero-order chi connectivity index (χ0) is 22.9. The molecule has 0 unspecified atom stereocenters. The molecule has 6 nitrogen and oxygen atoms in total. The summed E-state index contributed by atoms with van der Waals surface area (Å²) in [5.41, 5.74) is 3.40. The monoisotopic (exact) mass is 434 g/mol. The van der Waals surface area contributed by atoms with E-state index >= 15 is 0 Å². The topological polar surface area (TPSA) is 80.6 Å². The second kappa shape index (κ2) is 11.2. The van der Waals surface area contributed by atoms with Gasteiger partial charge in [-0.05, 0) is 47.2 Å². The molecule has 0 saturated carbocycles. The fourth-order valence-corrected chi connectivity index (χ4v) is 3.37. The summed E-state index contributed by atoms with van der Waals surface area (Å²) in [5, 5.41) is 5.89. The van der Waals surface area contributed by atoms with Crippen LogP contribution in [-0.2, 0) is 17.8 Å². The number of hydrogen-bond acceptors (Lipinski definition) is 4. The highest BCUT2D eigenvalue weighted by atomic mass is 16.5. The molecule has 3 aromatic rings. The molecule has 0 bridgehead atoms. The Morgan fingerprint density at radius 3 is 2.44 bits per heavy atom. The van der Waals surface area contributed by atoms with E-state index in [0.29, 0.717) is 24.6 Å². The van der Waals surface area contributed by atoms with E-state index in [1.165, 1.54) is 6.26 Å². The molecule has 0 fully saturated rings. The van der Waals surface area contributed by atoms with Crippen molar-refractivity contribution in [1.29, 1.82) is 0 Å². The van der Waals surface area contributed by atoms with Crippen LogP contribution in [0.3, 0.4) is 0 Å². The van der Waals surface area contributed by atoms with Crippen molar-refractivity contribution in [1.82, 2.24) is 10.6 Å². The summed E-state index contributed by atoms with van der Waals surface area (Å²) in [7, 11) is 1.61. The van der Waals surface area contributed by atoms with Crippen LogP contribution in [0, 0.1) is 5.92 Å². The molecule has 2 aromatic carbocycles. The summed E-state index contributed by atoms with van der Waals surface area (Å²) in [5.74, 6) is 1.24. The van der Waals surface area contributed by atoms with Gasteiger partial charge < -0.3 is 19.8 Å². The summed E-state index contributed by atoms with van der Waals surface area (Å²) in [6, 6.07) is 16.9. The van der Waals surface area contributed by atoms with Gasteiger partial charge in [-0.3, -0.25) is 9.59 Å². The van der Waals surface area contributed by atoms with Gasteiger partial charge in [0.15, 0.2) is 5.76 Å². The number of methoxy groups -OCH3 is 1. The minimum atomic E-state index is -0.232. The molecule has 32 heavy (non-hydrogen) atoms. The molecule has 168 valence electrons. The molecular weight excluding hydrogens is 404 g/mol. The van der Waals surface area contributed by atoms with E-state index in [1.807, 2.05) is 48.5 Å². The second-order valence-electron chi connectivity index (χ2n) is 8.06. The SMILES string of the molecule is COc1ccc(CC(=O)NCc2ccccc2-c2ccoc2C(=O)NCCC(C)C)cc1. The number of nitrogens with one attached hydrogen (secondary N) is 2. The van der Waals surface area contributed by atoms with Crippen LogP contribution in [0.25, 0.3) is 11.1 Å². The van der Waals surface area contributed by atoms with Gasteiger partial charge in [-0.2, -0.15) is 0 Å². The van der Waals surface area contributed by atoms with Gasteiger partial charge in [0.2, 0.25) is 5.91 Å². The van der Waals surface area contributed by atoms with Crippen LogP contribution in [0.15, 0.2) is 65.3 Å². The van der Waals surface area contributed by atoms with Crippen molar-refractivity contribution in [2.45, 2.75) is 33.2 Å². The van der Waals surface area contributed by atoms with Crippen molar-refractivity contribution in [2.75, 3.05) is 13.7 Å². The van der Waals surface area contributed by atoms with Gasteiger partial charge >= 0.3 is 0 Å². The molecule has 0 atom stereocenters. The minimum absolute atomic E-state index is 0.0798. The molecular formula is C26H30N2O4. The molecule has 0 aliphatic rings. The van der Waals surface area contributed by atoms with E-state index in [-0.39, 0.29) is 24.0 Å². The average molecular weight is 435 g/mol. The zero-order valence-electron chi connectivity index (χ0n) is 18.8. The molecule has 6 heteroatoms. The Hall–Kier alpha value is -3.54. The van der Waals surface area contributed by atoms with Crippen LogP contribution in [0.4, 0.5) is 0 Å². The maximum Gasteiger partial charge on any atom is 0.287 e. The Balaban J connectivity index is 1.67. The highest BCUT2D eigenvalue weighted by molar-refractivity contribution is 5.98. The highest BCUT2D eigenvalue weighted by Crippen LogP contribution is 2.28. The van der Waals surface area contributed by atoms with Crippen LogP contribution < -0.4 is 15.4 Å². The number of amides is 2. The van der Waals surface area contributed by atoms with Crippen molar-refractivity contribution in [3.05, 3.63) is 77.7 Å². The van der Waals surface area contributed by atoms with Crippen molar-refractivity contribution in [3.63, 3.8) is 0 Å². The van der Waals surface area contributed by atoms with E-state index in [2.05, 4.69) is 24.5 Å². The third-order valence-corrected chi connectivity index (χ3v) is 5.19. The Kier molecular flexibility index (Phi) is 8.08. The third-order valence-electron chi connectivity index (χ3n) is 5.19. The first-order chi connectivity index (χ1) is 15.5. The molecule has 0 spiro atoms. The van der Waals surface area contributed by atoms with Gasteiger partial charge in [0, 0.05) is 18.7 Å². The zero-order valence-corrected chi connectivity index (χ0v) is 18.8. The number of carbonyl (C=O) groups is 2. The molecule has 1 aromatic heterocycles. The lowest BCUT2D eigenvalue weighted by atomic mass is 9.99. The predicted octanol–water partition coefficient (Wildman–Crippen LogP) is 4.59. The predicted molar refractivity (Wildman–Crippen MR) is 124 cm³/mol. The van der Waals surface area contributed by atoms with Crippen LogP contribution >= 0.6 is 0 Å². The van der Waals surface area contributed by atoms with E-state index in [1.54, 1.807) is 13.2 Å². The van der Waals surface area contributed by atoms with Crippen LogP contribution in [0.5, 0.6) is 5.75 Å². The van der Waals surface area contributed by atoms with E-state index in [4.69, 9.17) is 9.15 Å². The minimum Gasteiger partial charge on any atom is -0.497 e. The summed E-state index contributed by atoms with van der Waals surface area (Å²) in [4.78, 5) is 25.1. The van der Waals surface area contributed by atoms with Gasteiger partial charge in [0.25, 0.3) is 5.91 Å². The lowest BCUT2D eigenvalue weighted by Gasteiger charge is -2.12. The van der Waals surface area contributed by atoms with Crippen molar-refractivity contribution in [3.8, 4) is 16.9 Å². The van der Waals surface area contributed by atoms with Gasteiger partial charge in [-0.25, -0.2) is 0 Å². The fraction of sp³-hybridized carbons (Fsp3) is 0.308. The molecule has 1 heterocycles. The van der Waals surface area contributed by atoms with Gasteiger partial charge in [0.1, 0.15) is 5.75 Å². The average Bonchev–Trinajstić information content (AvgIpc) is 3.28. The Bertz CT molecular complexity index is 1040. The Labute approximate surface area is 189 Å². The molecule has 3 rings (SSSR count). The number of furan rings is 1. The van der Waals surface area contributed by atoms with Crippen LogP contribution in [-0.4, -0.2) is 25.5 Å². The number of benzene rings is 2. The lowest BCUT2D eigenvalue weighted by molar-refractivity contribution is -0.120. The number of rotatable bonds is 10. The highest BCUT2D eigenvalue weighted by Gasteiger charge is 2.19. The van der Waals surface area contributed by atoms with E-state index in [9.17, 15) is 9.59 Å². The van der Waals surface area contributed by atoms with Crippen LogP contribution in [0.2, 0.25) is 0 Å². The standard InChI is InChI=1S/C26H30N2O4/c1-18(2)12-14-27-26(30)25-23(13-15-32-25)22-7-5-4-6-20(22)17-28-24(29)16-19-8-10-21(31-3)11-9-19/h4-11,13,15,18H,12,14,16-17H2,1-3H3,(H,27,30)(H,28,29). The number of ether oxygens (including phenoxy) is 1. The Morgan fingerprint density at radius 1 is 0.969 bits per heavy atom. The first kappa shape index (κ1) is 23.1. The molecule has 2 amide bonds. The second-order valence-corrected chi connectivity index (χ2v) is 8.06. The summed E-state index contributed by atoms with van der Waals surface area (Å²) in [6.45, 7) is 5.18. The third kappa shape index (κ3) is 6.23. The fourth-order valence-electron chi connectivity index (χ4n) is 3.37. The van der Waals surface area contributed by atoms with Crippen molar-refractivity contribution in [2.24, 2.45) is 5.92 Å². The summed E-state index contributed by atoms with van der Waals surface area (Å²) < 4.78 is 10.7. The smallest absolute Gasteiger partial charge is 0.287 e. The lowest BCUT2D eigenvalue weighted by Crippen LogP contribution is -2.26. The van der Waals surface area contributed by atoms with Gasteiger partial charge in [0.05, 0.1) is 19.8 Å². The number of carbonyl (C=O) groups excluding carboxylic acids is 2. The van der Waals surface area contributed by atoms with Crippen molar-refractivity contribution < 1.29 is 18.7 Å². The summed E-state index contributed by atoms with van der Waals surface area (Å²) in [6.07, 6.45) is 2.70. The normalized spacial score (nSPS) is 10.8. The first-order valence-electron chi connectivity index (χ1n) is 10.8.